The molecule has 0 atom stereocenters. The molecular formula is C28H28. The fraction of sp³-hybridized carbons (Fsp3) is 0.214. The van der Waals surface area contributed by atoms with E-state index in [4.69, 9.17) is 0 Å². The Labute approximate surface area is 169 Å². The maximum Gasteiger partial charge on any atom is -0.00137 e. The molecule has 0 bridgehead atoms. The molecule has 0 heteroatoms. The molecule has 0 aromatic heterocycles. The zero-order valence-corrected chi connectivity index (χ0v) is 17.1. The summed E-state index contributed by atoms with van der Waals surface area (Å²) in [5.74, 6) is 0. The molecular weight excluding hydrogens is 336 g/mol. The Morgan fingerprint density at radius 1 is 0.893 bits per heavy atom. The molecule has 3 aromatic rings. The molecule has 0 fully saturated rings. The Bertz CT molecular complexity index is 1030. The van der Waals surface area contributed by atoms with Gasteiger partial charge in [0.1, 0.15) is 0 Å². The van der Waals surface area contributed by atoms with E-state index in [0.29, 0.717) is 0 Å². The second kappa shape index (κ2) is 7.28. The molecule has 140 valence electrons. The fourth-order valence-corrected chi connectivity index (χ4v) is 3.89. The third-order valence-corrected chi connectivity index (χ3v) is 5.64. The second-order valence-corrected chi connectivity index (χ2v) is 8.85. The highest BCUT2D eigenvalue weighted by Crippen LogP contribution is 2.33. The molecule has 0 N–H and O–H groups in total. The van der Waals surface area contributed by atoms with Crippen LogP contribution in [0.2, 0.25) is 0 Å². The summed E-state index contributed by atoms with van der Waals surface area (Å²) in [6.07, 6.45) is 4.25. The highest BCUT2D eigenvalue weighted by Gasteiger charge is 2.15. The molecule has 0 saturated heterocycles. The SMILES string of the molecule is C=C(Cc1ccc2c(c1)C=C(c1ccccc1)C2)c1ccc(C(C)(C)C)cc1. The number of hydrogen-bond acceptors (Lipinski definition) is 0. The van der Waals surface area contributed by atoms with E-state index >= 15 is 0 Å². The van der Waals surface area contributed by atoms with Gasteiger partial charge in [-0.1, -0.05) is 106 Å². The summed E-state index contributed by atoms with van der Waals surface area (Å²) >= 11 is 0. The zero-order valence-electron chi connectivity index (χ0n) is 17.1. The van der Waals surface area contributed by atoms with Gasteiger partial charge >= 0.3 is 0 Å². The van der Waals surface area contributed by atoms with Crippen molar-refractivity contribution in [2.24, 2.45) is 0 Å². The topological polar surface area (TPSA) is 0 Å². The lowest BCUT2D eigenvalue weighted by Crippen LogP contribution is -2.10. The van der Waals surface area contributed by atoms with E-state index in [0.717, 1.165) is 12.8 Å². The van der Waals surface area contributed by atoms with E-state index in [1.807, 2.05) is 0 Å². The summed E-state index contributed by atoms with van der Waals surface area (Å²) in [4.78, 5) is 0. The van der Waals surface area contributed by atoms with Crippen LogP contribution in [-0.4, -0.2) is 0 Å². The molecule has 1 aliphatic carbocycles. The van der Waals surface area contributed by atoms with Crippen molar-refractivity contribution in [1.29, 1.82) is 0 Å². The summed E-state index contributed by atoms with van der Waals surface area (Å²) in [5.41, 5.74) is 10.8. The molecule has 28 heavy (non-hydrogen) atoms. The van der Waals surface area contributed by atoms with Crippen molar-refractivity contribution < 1.29 is 0 Å². The smallest absolute Gasteiger partial charge is 0.00137 e. The van der Waals surface area contributed by atoms with Crippen molar-refractivity contribution in [1.82, 2.24) is 0 Å². The van der Waals surface area contributed by atoms with Crippen LogP contribution in [0.15, 0.2) is 79.4 Å². The molecule has 0 amide bonds. The predicted octanol–water partition coefficient (Wildman–Crippen LogP) is 7.34. The summed E-state index contributed by atoms with van der Waals surface area (Å²) in [6.45, 7) is 11.1. The minimum Gasteiger partial charge on any atom is -0.0949 e. The monoisotopic (exact) mass is 364 g/mol. The van der Waals surface area contributed by atoms with Crippen LogP contribution in [0.5, 0.6) is 0 Å². The fourth-order valence-electron chi connectivity index (χ4n) is 3.89. The van der Waals surface area contributed by atoms with E-state index < -0.39 is 0 Å². The van der Waals surface area contributed by atoms with E-state index in [9.17, 15) is 0 Å². The van der Waals surface area contributed by atoms with Gasteiger partial charge in [0.15, 0.2) is 0 Å². The van der Waals surface area contributed by atoms with Crippen LogP contribution in [-0.2, 0) is 18.3 Å². The van der Waals surface area contributed by atoms with Crippen LogP contribution < -0.4 is 0 Å². The van der Waals surface area contributed by atoms with Gasteiger partial charge in [0.25, 0.3) is 0 Å². The minimum absolute atomic E-state index is 0.183. The molecule has 0 nitrogen and oxygen atoms in total. The third kappa shape index (κ3) is 3.87. The lowest BCUT2D eigenvalue weighted by atomic mass is 9.86. The summed E-state index contributed by atoms with van der Waals surface area (Å²) in [7, 11) is 0. The zero-order chi connectivity index (χ0) is 19.7. The summed E-state index contributed by atoms with van der Waals surface area (Å²) in [6, 6.07) is 26.5. The van der Waals surface area contributed by atoms with Crippen molar-refractivity contribution in [2.45, 2.75) is 39.0 Å². The van der Waals surface area contributed by atoms with E-state index in [-0.39, 0.29) is 5.41 Å². The highest BCUT2D eigenvalue weighted by molar-refractivity contribution is 5.88. The number of benzene rings is 3. The third-order valence-electron chi connectivity index (χ3n) is 5.64. The van der Waals surface area contributed by atoms with Gasteiger partial charge in [-0.25, -0.2) is 0 Å². The number of hydrogen-bond donors (Lipinski definition) is 0. The molecule has 0 radical (unpaired) electrons. The van der Waals surface area contributed by atoms with E-state index in [1.54, 1.807) is 0 Å². The van der Waals surface area contributed by atoms with Crippen molar-refractivity contribution in [3.05, 3.63) is 113 Å². The Morgan fingerprint density at radius 3 is 2.29 bits per heavy atom. The molecule has 0 spiro atoms. The van der Waals surface area contributed by atoms with Crippen molar-refractivity contribution in [3.8, 4) is 0 Å². The van der Waals surface area contributed by atoms with Crippen molar-refractivity contribution in [2.75, 3.05) is 0 Å². The van der Waals surface area contributed by atoms with Crippen LogP contribution in [0, 0.1) is 0 Å². The molecule has 4 rings (SSSR count). The first-order chi connectivity index (χ1) is 13.4. The Kier molecular flexibility index (Phi) is 4.81. The maximum atomic E-state index is 4.35. The Balaban J connectivity index is 1.51. The predicted molar refractivity (Wildman–Crippen MR) is 122 cm³/mol. The van der Waals surface area contributed by atoms with Gasteiger partial charge in [-0.15, -0.1) is 0 Å². The van der Waals surface area contributed by atoms with Crippen LogP contribution in [0.4, 0.5) is 0 Å². The largest absolute Gasteiger partial charge is 0.0949 e. The standard InChI is InChI=1S/C28H28/c1-20(22-12-14-27(15-13-22)28(2,3)4)16-21-10-11-24-18-26(19-25(24)17-21)23-8-6-5-7-9-23/h5-15,17,19H,1,16,18H2,2-4H3. The Morgan fingerprint density at radius 2 is 1.61 bits per heavy atom. The molecule has 3 aromatic carbocycles. The van der Waals surface area contributed by atoms with Crippen LogP contribution >= 0.6 is 0 Å². The van der Waals surface area contributed by atoms with Gasteiger partial charge in [0, 0.05) is 0 Å². The van der Waals surface area contributed by atoms with Crippen molar-refractivity contribution >= 4 is 17.2 Å². The molecule has 0 aliphatic heterocycles. The lowest BCUT2D eigenvalue weighted by molar-refractivity contribution is 0.590. The average molecular weight is 365 g/mol. The Hall–Kier alpha value is -2.86. The average Bonchev–Trinajstić information content (AvgIpc) is 3.11. The number of rotatable bonds is 4. The highest BCUT2D eigenvalue weighted by atomic mass is 14.2. The molecule has 0 saturated carbocycles. The molecule has 0 unspecified atom stereocenters. The number of fused-ring (bicyclic) bond motifs is 1. The van der Waals surface area contributed by atoms with Crippen LogP contribution in [0.25, 0.3) is 17.2 Å². The van der Waals surface area contributed by atoms with Gasteiger partial charge < -0.3 is 0 Å². The van der Waals surface area contributed by atoms with Crippen LogP contribution in [0.3, 0.4) is 0 Å². The molecule has 0 heterocycles. The summed E-state index contributed by atoms with van der Waals surface area (Å²) < 4.78 is 0. The maximum absolute atomic E-state index is 4.35. The van der Waals surface area contributed by atoms with Crippen molar-refractivity contribution in [3.63, 3.8) is 0 Å². The lowest BCUT2D eigenvalue weighted by Gasteiger charge is -2.19. The van der Waals surface area contributed by atoms with Crippen LogP contribution in [0.1, 0.15) is 54.2 Å². The molecule has 1 aliphatic rings. The minimum atomic E-state index is 0.183. The summed E-state index contributed by atoms with van der Waals surface area (Å²) in [5, 5.41) is 0. The number of allylic oxidation sites excluding steroid dienone is 2. The van der Waals surface area contributed by atoms with Gasteiger partial charge in [0.05, 0.1) is 0 Å². The van der Waals surface area contributed by atoms with E-state index in [1.165, 1.54) is 44.5 Å². The second-order valence-electron chi connectivity index (χ2n) is 8.85. The van der Waals surface area contributed by atoms with Gasteiger partial charge in [-0.2, -0.15) is 0 Å². The first-order valence-electron chi connectivity index (χ1n) is 10.1. The van der Waals surface area contributed by atoms with Gasteiger partial charge in [0.2, 0.25) is 0 Å². The van der Waals surface area contributed by atoms with Gasteiger partial charge in [-0.05, 0) is 62.8 Å². The normalized spacial score (nSPS) is 13.2. The first kappa shape index (κ1) is 18.5. The quantitative estimate of drug-likeness (QED) is 0.454. The van der Waals surface area contributed by atoms with E-state index in [2.05, 4.69) is 106 Å². The first-order valence-corrected chi connectivity index (χ1v) is 10.1. The van der Waals surface area contributed by atoms with Gasteiger partial charge in [-0.3, -0.25) is 0 Å².